The number of esters is 1. The average molecular weight is 462 g/mol. The molecule has 0 spiro atoms. The van der Waals surface area contributed by atoms with Crippen LogP contribution >= 0.6 is 0 Å². The van der Waals surface area contributed by atoms with E-state index in [4.69, 9.17) is 14.2 Å². The molecule has 34 heavy (non-hydrogen) atoms. The van der Waals surface area contributed by atoms with Gasteiger partial charge in [-0.1, -0.05) is 12.1 Å². The maximum atomic E-state index is 12.5. The number of anilines is 1. The summed E-state index contributed by atoms with van der Waals surface area (Å²) in [6.45, 7) is 7.95. The maximum Gasteiger partial charge on any atom is 0.342 e. The number of piperazine rings is 1. The van der Waals surface area contributed by atoms with Crippen LogP contribution in [0.1, 0.15) is 29.8 Å². The zero-order chi connectivity index (χ0) is 23.9. The van der Waals surface area contributed by atoms with Crippen LogP contribution in [-0.2, 0) is 11.3 Å². The second-order valence-electron chi connectivity index (χ2n) is 8.51. The molecular weight excluding hydrogens is 430 g/mol. The fourth-order valence-corrected chi connectivity index (χ4v) is 3.90. The van der Waals surface area contributed by atoms with Gasteiger partial charge in [0.15, 0.2) is 0 Å². The van der Waals surface area contributed by atoms with E-state index in [0.29, 0.717) is 11.4 Å². The zero-order valence-corrected chi connectivity index (χ0v) is 19.9. The van der Waals surface area contributed by atoms with Crippen LogP contribution in [-0.4, -0.2) is 55.2 Å². The third kappa shape index (κ3) is 6.05. The molecule has 0 N–H and O–H groups in total. The first-order valence-corrected chi connectivity index (χ1v) is 11.6. The van der Waals surface area contributed by atoms with Crippen LogP contribution in [0.15, 0.2) is 66.9 Å². The van der Waals surface area contributed by atoms with Crippen LogP contribution in [0.2, 0.25) is 0 Å². The minimum absolute atomic E-state index is 0.162. The molecule has 3 aromatic rings. The van der Waals surface area contributed by atoms with E-state index in [-0.39, 0.29) is 12.1 Å². The number of carbonyl (C=O) groups is 1. The summed E-state index contributed by atoms with van der Waals surface area (Å²) in [6.07, 6.45) is 1.56. The van der Waals surface area contributed by atoms with Gasteiger partial charge in [0.25, 0.3) is 0 Å². The highest BCUT2D eigenvalue weighted by molar-refractivity contribution is 5.94. The van der Waals surface area contributed by atoms with Crippen LogP contribution in [0.3, 0.4) is 0 Å². The Kier molecular flexibility index (Phi) is 7.65. The molecule has 7 heteroatoms. The van der Waals surface area contributed by atoms with Gasteiger partial charge in [-0.15, -0.1) is 0 Å². The second kappa shape index (κ2) is 11.0. The first-order valence-electron chi connectivity index (χ1n) is 11.6. The van der Waals surface area contributed by atoms with E-state index in [9.17, 15) is 4.79 Å². The maximum absolute atomic E-state index is 12.5. The summed E-state index contributed by atoms with van der Waals surface area (Å²) in [7, 11) is 1.65. The minimum Gasteiger partial charge on any atom is -0.497 e. The molecule has 4 rings (SSSR count). The SMILES string of the molecule is COc1ccc(Oc2ccc(CN3CCN(c4ncccc4C(=O)OC(C)C)CC3)cc2)cc1. The highest BCUT2D eigenvalue weighted by Gasteiger charge is 2.23. The largest absolute Gasteiger partial charge is 0.497 e. The van der Waals surface area contributed by atoms with Crippen molar-refractivity contribution in [2.75, 3.05) is 38.2 Å². The molecule has 0 saturated carbocycles. The van der Waals surface area contributed by atoms with Gasteiger partial charge in [0.1, 0.15) is 28.6 Å². The summed E-state index contributed by atoms with van der Waals surface area (Å²) in [4.78, 5) is 21.5. The van der Waals surface area contributed by atoms with E-state index >= 15 is 0 Å². The summed E-state index contributed by atoms with van der Waals surface area (Å²) in [5.74, 6) is 2.76. The lowest BCUT2D eigenvalue weighted by atomic mass is 10.1. The van der Waals surface area contributed by atoms with Crippen molar-refractivity contribution in [1.82, 2.24) is 9.88 Å². The Morgan fingerprint density at radius 1 is 0.912 bits per heavy atom. The minimum atomic E-state index is -0.322. The first-order chi connectivity index (χ1) is 16.5. The van der Waals surface area contributed by atoms with Gasteiger partial charge in [-0.05, 0) is 67.9 Å². The molecule has 0 aliphatic carbocycles. The van der Waals surface area contributed by atoms with Crippen molar-refractivity contribution >= 4 is 11.8 Å². The Morgan fingerprint density at radius 3 is 2.15 bits per heavy atom. The molecule has 0 atom stereocenters. The van der Waals surface area contributed by atoms with Crippen LogP contribution in [0.5, 0.6) is 17.2 Å². The molecule has 1 aromatic heterocycles. The number of hydrogen-bond donors (Lipinski definition) is 0. The van der Waals surface area contributed by atoms with Gasteiger partial charge in [0.2, 0.25) is 0 Å². The van der Waals surface area contributed by atoms with Crippen LogP contribution in [0.25, 0.3) is 0 Å². The van der Waals surface area contributed by atoms with Crippen molar-refractivity contribution in [2.45, 2.75) is 26.5 Å². The Balaban J connectivity index is 1.31. The van der Waals surface area contributed by atoms with Crippen LogP contribution in [0.4, 0.5) is 5.82 Å². The van der Waals surface area contributed by atoms with E-state index in [2.05, 4.69) is 26.9 Å². The molecule has 2 heterocycles. The summed E-state index contributed by atoms with van der Waals surface area (Å²) in [5.41, 5.74) is 1.76. The quantitative estimate of drug-likeness (QED) is 0.448. The van der Waals surface area contributed by atoms with Gasteiger partial charge in [-0.3, -0.25) is 4.90 Å². The van der Waals surface area contributed by atoms with Crippen molar-refractivity contribution in [2.24, 2.45) is 0 Å². The summed E-state index contributed by atoms with van der Waals surface area (Å²) in [6, 6.07) is 19.3. The van der Waals surface area contributed by atoms with Gasteiger partial charge < -0.3 is 19.1 Å². The zero-order valence-electron chi connectivity index (χ0n) is 19.9. The smallest absolute Gasteiger partial charge is 0.342 e. The number of aromatic nitrogens is 1. The van der Waals surface area contributed by atoms with Gasteiger partial charge in [0.05, 0.1) is 13.2 Å². The van der Waals surface area contributed by atoms with Crippen molar-refractivity contribution in [3.05, 3.63) is 78.0 Å². The van der Waals surface area contributed by atoms with Gasteiger partial charge in [-0.25, -0.2) is 9.78 Å². The predicted molar refractivity (Wildman–Crippen MR) is 132 cm³/mol. The van der Waals surface area contributed by atoms with E-state index in [1.807, 2.05) is 50.2 Å². The van der Waals surface area contributed by atoms with E-state index in [0.717, 1.165) is 50.0 Å². The van der Waals surface area contributed by atoms with Gasteiger partial charge in [-0.2, -0.15) is 0 Å². The second-order valence-corrected chi connectivity index (χ2v) is 8.51. The Labute approximate surface area is 200 Å². The average Bonchev–Trinajstić information content (AvgIpc) is 2.86. The number of hydrogen-bond acceptors (Lipinski definition) is 7. The van der Waals surface area contributed by atoms with E-state index < -0.39 is 0 Å². The number of benzene rings is 2. The molecule has 1 aliphatic heterocycles. The highest BCUT2D eigenvalue weighted by atomic mass is 16.5. The monoisotopic (exact) mass is 461 g/mol. The highest BCUT2D eigenvalue weighted by Crippen LogP contribution is 2.25. The van der Waals surface area contributed by atoms with Crippen LogP contribution in [0, 0.1) is 0 Å². The molecule has 0 amide bonds. The molecule has 7 nitrogen and oxygen atoms in total. The van der Waals surface area contributed by atoms with E-state index in [1.165, 1.54) is 5.56 Å². The van der Waals surface area contributed by atoms with E-state index in [1.54, 1.807) is 25.4 Å². The molecule has 1 saturated heterocycles. The van der Waals surface area contributed by atoms with Gasteiger partial charge >= 0.3 is 5.97 Å². The number of ether oxygens (including phenoxy) is 3. The molecule has 1 aliphatic rings. The topological polar surface area (TPSA) is 64.1 Å². The molecule has 1 fully saturated rings. The molecule has 2 aromatic carbocycles. The Morgan fingerprint density at radius 2 is 1.53 bits per heavy atom. The predicted octanol–water partition coefficient (Wildman–Crippen LogP) is 4.77. The lowest BCUT2D eigenvalue weighted by molar-refractivity contribution is 0.0378. The summed E-state index contributed by atoms with van der Waals surface area (Å²) < 4.78 is 16.5. The normalized spacial score (nSPS) is 14.2. The molecule has 0 bridgehead atoms. The Bertz CT molecular complexity index is 1080. The fourth-order valence-electron chi connectivity index (χ4n) is 3.90. The summed E-state index contributed by atoms with van der Waals surface area (Å²) >= 11 is 0. The molecular formula is C27H31N3O4. The summed E-state index contributed by atoms with van der Waals surface area (Å²) in [5, 5.41) is 0. The number of methoxy groups -OCH3 is 1. The molecule has 178 valence electrons. The van der Waals surface area contributed by atoms with Crippen molar-refractivity contribution in [3.8, 4) is 17.2 Å². The number of rotatable bonds is 8. The number of pyridine rings is 1. The first kappa shape index (κ1) is 23.6. The third-order valence-electron chi connectivity index (χ3n) is 5.65. The van der Waals surface area contributed by atoms with Crippen molar-refractivity contribution < 1.29 is 19.0 Å². The molecule has 0 unspecified atom stereocenters. The lowest BCUT2D eigenvalue weighted by Gasteiger charge is -2.36. The number of carbonyl (C=O) groups excluding carboxylic acids is 1. The van der Waals surface area contributed by atoms with Crippen molar-refractivity contribution in [1.29, 1.82) is 0 Å². The van der Waals surface area contributed by atoms with Crippen LogP contribution < -0.4 is 14.4 Å². The fraction of sp³-hybridized carbons (Fsp3) is 0.333. The number of nitrogens with zero attached hydrogens (tertiary/aromatic N) is 3. The molecule has 0 radical (unpaired) electrons. The Hall–Kier alpha value is -3.58. The van der Waals surface area contributed by atoms with Crippen molar-refractivity contribution in [3.63, 3.8) is 0 Å². The standard InChI is InChI=1S/C27H31N3O4/c1-20(2)33-27(31)25-5-4-14-28-26(25)30-17-15-29(16-18-30)19-21-6-8-23(9-7-21)34-24-12-10-22(32-3)11-13-24/h4-14,20H,15-19H2,1-3H3. The van der Waals surface area contributed by atoms with Gasteiger partial charge in [0, 0.05) is 38.9 Å². The third-order valence-corrected chi connectivity index (χ3v) is 5.65. The lowest BCUT2D eigenvalue weighted by Crippen LogP contribution is -2.46.